The highest BCUT2D eigenvalue weighted by molar-refractivity contribution is 6.05. The molecule has 3 aliphatic rings. The van der Waals surface area contributed by atoms with E-state index in [0.717, 1.165) is 24.3 Å². The summed E-state index contributed by atoms with van der Waals surface area (Å²) in [7, 11) is 0. The maximum absolute atomic E-state index is 15.6. The van der Waals surface area contributed by atoms with E-state index in [-0.39, 0.29) is 59.5 Å². The molecule has 0 saturated carbocycles. The molecule has 0 bridgehead atoms. The highest BCUT2D eigenvalue weighted by atomic mass is 19.1. The third kappa shape index (κ3) is 4.18. The molecule has 0 aliphatic carbocycles. The number of aromatic nitrogens is 2. The van der Waals surface area contributed by atoms with Gasteiger partial charge in [0.2, 0.25) is 11.8 Å². The topological polar surface area (TPSA) is 122 Å². The number of nitrogens with one attached hydrogen (secondary N) is 1. The van der Waals surface area contributed by atoms with Crippen molar-refractivity contribution in [2.24, 2.45) is 0 Å². The van der Waals surface area contributed by atoms with Gasteiger partial charge in [-0.2, -0.15) is 0 Å². The van der Waals surface area contributed by atoms with Crippen LogP contribution in [0.25, 0.3) is 11.3 Å². The van der Waals surface area contributed by atoms with Gasteiger partial charge >= 0.3 is 0 Å². The van der Waals surface area contributed by atoms with E-state index in [2.05, 4.69) is 20.2 Å². The first-order valence-electron chi connectivity index (χ1n) is 12.3. The molecule has 11 heteroatoms. The number of hydrogen-bond donors (Lipinski definition) is 2. The predicted octanol–water partition coefficient (Wildman–Crippen LogP) is 2.36. The van der Waals surface area contributed by atoms with Gasteiger partial charge in [0, 0.05) is 59.9 Å². The minimum Gasteiger partial charge on any atom is -0.383 e. The first-order valence-corrected chi connectivity index (χ1v) is 12.3. The Kier molecular flexibility index (Phi) is 5.87. The normalized spacial score (nSPS) is 19.9. The van der Waals surface area contributed by atoms with Gasteiger partial charge in [-0.15, -0.1) is 0 Å². The van der Waals surface area contributed by atoms with E-state index in [1.165, 1.54) is 29.3 Å². The average Bonchev–Trinajstić information content (AvgIpc) is 3.20. The summed E-state index contributed by atoms with van der Waals surface area (Å²) in [5.41, 5.74) is 8.84. The van der Waals surface area contributed by atoms with E-state index in [9.17, 15) is 18.8 Å². The third-order valence-electron chi connectivity index (χ3n) is 7.46. The van der Waals surface area contributed by atoms with E-state index in [1.807, 2.05) is 6.07 Å². The van der Waals surface area contributed by atoms with Crippen LogP contribution in [0.4, 0.5) is 14.6 Å². The Labute approximate surface area is 216 Å². The lowest BCUT2D eigenvalue weighted by Crippen LogP contribution is -2.52. The highest BCUT2D eigenvalue weighted by Crippen LogP contribution is 2.35. The van der Waals surface area contributed by atoms with Gasteiger partial charge < -0.3 is 10.6 Å². The van der Waals surface area contributed by atoms with Crippen molar-refractivity contribution in [2.45, 2.75) is 37.9 Å². The van der Waals surface area contributed by atoms with E-state index in [1.54, 1.807) is 12.1 Å². The SMILES string of the molecule is Nc1nc(-c2ccc3c(c2F)CN(C2CCC(=O)NC2=O)C3=O)ccc1CN1CC(c2ccc(F)cn2)C1. The predicted molar refractivity (Wildman–Crippen MR) is 132 cm³/mol. The van der Waals surface area contributed by atoms with Crippen molar-refractivity contribution in [3.63, 3.8) is 0 Å². The number of piperidine rings is 1. The van der Waals surface area contributed by atoms with Crippen LogP contribution < -0.4 is 11.1 Å². The lowest BCUT2D eigenvalue weighted by molar-refractivity contribution is -0.136. The third-order valence-corrected chi connectivity index (χ3v) is 7.46. The Morgan fingerprint density at radius 2 is 1.82 bits per heavy atom. The summed E-state index contributed by atoms with van der Waals surface area (Å²) in [6.45, 7) is 2.03. The maximum Gasteiger partial charge on any atom is 0.255 e. The fraction of sp³-hybridized carbons (Fsp3) is 0.296. The minimum absolute atomic E-state index is 0.0628. The molecule has 3 N–H and O–H groups in total. The molecule has 3 aromatic rings. The number of carbonyl (C=O) groups is 3. The first-order chi connectivity index (χ1) is 18.3. The summed E-state index contributed by atoms with van der Waals surface area (Å²) >= 11 is 0. The Morgan fingerprint density at radius 1 is 1.03 bits per heavy atom. The number of benzene rings is 1. The maximum atomic E-state index is 15.6. The van der Waals surface area contributed by atoms with Gasteiger partial charge in [-0.1, -0.05) is 6.07 Å². The molecule has 1 aromatic carbocycles. The molecule has 0 radical (unpaired) electrons. The van der Waals surface area contributed by atoms with Crippen LogP contribution in [0.2, 0.25) is 0 Å². The van der Waals surface area contributed by atoms with Crippen molar-refractivity contribution in [3.05, 3.63) is 76.6 Å². The van der Waals surface area contributed by atoms with Crippen molar-refractivity contribution < 1.29 is 23.2 Å². The van der Waals surface area contributed by atoms with Gasteiger partial charge in [0.15, 0.2) is 0 Å². The fourth-order valence-electron chi connectivity index (χ4n) is 5.35. The molecule has 9 nitrogen and oxygen atoms in total. The lowest BCUT2D eigenvalue weighted by Gasteiger charge is -2.39. The van der Waals surface area contributed by atoms with Gasteiger partial charge in [-0.3, -0.25) is 29.6 Å². The van der Waals surface area contributed by atoms with Gasteiger partial charge in [-0.25, -0.2) is 13.8 Å². The number of rotatable bonds is 5. The van der Waals surface area contributed by atoms with Gasteiger partial charge in [0.1, 0.15) is 23.5 Å². The number of hydrogen-bond acceptors (Lipinski definition) is 7. The number of likely N-dealkylation sites (tertiary alicyclic amines) is 1. The largest absolute Gasteiger partial charge is 0.383 e. The van der Waals surface area contributed by atoms with Crippen molar-refractivity contribution in [2.75, 3.05) is 18.8 Å². The number of pyridine rings is 2. The molecule has 6 rings (SSSR count). The summed E-state index contributed by atoms with van der Waals surface area (Å²) in [5.74, 6) is -1.79. The van der Waals surface area contributed by atoms with Crippen LogP contribution in [-0.4, -0.2) is 56.6 Å². The number of fused-ring (bicyclic) bond motifs is 1. The Morgan fingerprint density at radius 3 is 2.53 bits per heavy atom. The minimum atomic E-state index is -0.816. The molecule has 2 aromatic heterocycles. The number of imide groups is 1. The molecule has 2 saturated heterocycles. The van der Waals surface area contributed by atoms with Crippen molar-refractivity contribution >= 4 is 23.5 Å². The van der Waals surface area contributed by atoms with Crippen LogP contribution in [0.15, 0.2) is 42.6 Å². The van der Waals surface area contributed by atoms with E-state index in [4.69, 9.17) is 5.73 Å². The van der Waals surface area contributed by atoms with E-state index in [0.29, 0.717) is 12.2 Å². The van der Waals surface area contributed by atoms with E-state index >= 15 is 4.39 Å². The number of amides is 3. The number of nitrogens with zero attached hydrogens (tertiary/aromatic N) is 4. The molecular weight excluding hydrogens is 494 g/mol. The van der Waals surface area contributed by atoms with Crippen molar-refractivity contribution in [3.8, 4) is 11.3 Å². The second-order valence-corrected chi connectivity index (χ2v) is 9.89. The summed E-state index contributed by atoms with van der Waals surface area (Å²) in [6.07, 6.45) is 1.55. The average molecular weight is 519 g/mol. The van der Waals surface area contributed by atoms with Gasteiger partial charge in [0.05, 0.1) is 18.4 Å². The Balaban J connectivity index is 1.16. The quantitative estimate of drug-likeness (QED) is 0.498. The monoisotopic (exact) mass is 518 g/mol. The number of nitrogen functional groups attached to an aromatic ring is 1. The summed E-state index contributed by atoms with van der Waals surface area (Å²) in [6, 6.07) is 8.84. The molecule has 2 fully saturated rings. The van der Waals surface area contributed by atoms with Gasteiger partial charge in [-0.05, 0) is 36.8 Å². The summed E-state index contributed by atoms with van der Waals surface area (Å²) in [5, 5.41) is 2.24. The smallest absolute Gasteiger partial charge is 0.255 e. The molecule has 3 aliphatic heterocycles. The molecule has 194 valence electrons. The first kappa shape index (κ1) is 24.1. The number of anilines is 1. The van der Waals surface area contributed by atoms with Crippen LogP contribution in [0.1, 0.15) is 45.9 Å². The molecule has 3 amide bonds. The number of nitrogens with two attached hydrogens (primary N) is 1. The van der Waals surface area contributed by atoms with Crippen LogP contribution >= 0.6 is 0 Å². The van der Waals surface area contributed by atoms with E-state index < -0.39 is 23.7 Å². The molecule has 1 unspecified atom stereocenters. The van der Waals surface area contributed by atoms with Crippen molar-refractivity contribution in [1.82, 2.24) is 25.1 Å². The molecule has 1 atom stereocenters. The fourth-order valence-corrected chi connectivity index (χ4v) is 5.35. The van der Waals surface area contributed by atoms with Crippen LogP contribution in [0, 0.1) is 11.6 Å². The molecule has 0 spiro atoms. The van der Waals surface area contributed by atoms with Crippen LogP contribution in [0.3, 0.4) is 0 Å². The summed E-state index contributed by atoms with van der Waals surface area (Å²) < 4.78 is 28.7. The molecule has 5 heterocycles. The van der Waals surface area contributed by atoms with Crippen LogP contribution in [0.5, 0.6) is 0 Å². The number of carbonyl (C=O) groups excluding carboxylic acids is 3. The standard InChI is InChI=1S/C27H24F2N6O3/c28-16-2-6-20(31-9-16)15-11-34(12-15)10-14-1-5-21(32-25(14)30)18-4-3-17-19(24(18)29)13-35(27(17)38)22-7-8-23(36)33-26(22)37/h1-6,9,15,22H,7-8,10-13H2,(H2,30,32)(H,33,36,37). The number of halogens is 2. The zero-order valence-electron chi connectivity index (χ0n) is 20.3. The highest BCUT2D eigenvalue weighted by Gasteiger charge is 2.40. The van der Waals surface area contributed by atoms with Crippen LogP contribution in [-0.2, 0) is 22.7 Å². The summed E-state index contributed by atoms with van der Waals surface area (Å²) in [4.78, 5) is 48.7. The lowest BCUT2D eigenvalue weighted by atomic mass is 9.95. The zero-order chi connectivity index (χ0) is 26.6. The second kappa shape index (κ2) is 9.25. The van der Waals surface area contributed by atoms with Crippen molar-refractivity contribution in [1.29, 1.82) is 0 Å². The Hall–Kier alpha value is -4.25. The zero-order valence-corrected chi connectivity index (χ0v) is 20.3. The molecular formula is C27H24F2N6O3. The Bertz CT molecular complexity index is 1470. The van der Waals surface area contributed by atoms with Gasteiger partial charge in [0.25, 0.3) is 5.91 Å². The molecule has 38 heavy (non-hydrogen) atoms. The second-order valence-electron chi connectivity index (χ2n) is 9.89.